The third kappa shape index (κ3) is 4.31. The smallest absolute Gasteiger partial charge is 0.260 e. The fourth-order valence-corrected chi connectivity index (χ4v) is 2.82. The Morgan fingerprint density at radius 3 is 2.52 bits per heavy atom. The first-order valence-corrected chi connectivity index (χ1v) is 8.41. The van der Waals surface area contributed by atoms with Crippen molar-refractivity contribution in [1.82, 2.24) is 9.80 Å². The normalized spacial score (nSPS) is 15.0. The number of ether oxygens (including phenoxy) is 2. The van der Waals surface area contributed by atoms with Gasteiger partial charge in [0.2, 0.25) is 0 Å². The maximum atomic E-state index is 12.4. The number of methoxy groups -OCH3 is 1. The summed E-state index contributed by atoms with van der Waals surface area (Å²) in [5.74, 6) is 1.41. The molecule has 2 aromatic rings. The van der Waals surface area contributed by atoms with Gasteiger partial charge in [-0.25, -0.2) is 0 Å². The number of rotatable bonds is 5. The summed E-state index contributed by atoms with van der Waals surface area (Å²) in [6, 6.07) is 16.5. The van der Waals surface area contributed by atoms with Crippen LogP contribution >= 0.6 is 0 Å². The van der Waals surface area contributed by atoms with Crippen LogP contribution in [-0.2, 0) is 4.79 Å². The first kappa shape index (κ1) is 17.3. The van der Waals surface area contributed by atoms with Crippen molar-refractivity contribution in [2.75, 3.05) is 46.9 Å². The molecule has 2 aromatic carbocycles. The summed E-state index contributed by atoms with van der Waals surface area (Å²) in [5, 5.41) is 0. The Morgan fingerprint density at radius 2 is 1.84 bits per heavy atom. The molecule has 0 spiro atoms. The number of carbonyl (C=O) groups is 1. The van der Waals surface area contributed by atoms with Gasteiger partial charge < -0.3 is 19.3 Å². The quantitative estimate of drug-likeness (QED) is 0.838. The Kier molecular flexibility index (Phi) is 5.56. The number of hydrogen-bond donors (Lipinski definition) is 0. The predicted molar refractivity (Wildman–Crippen MR) is 96.8 cm³/mol. The average Bonchev–Trinajstić information content (AvgIpc) is 2.67. The van der Waals surface area contributed by atoms with E-state index in [4.69, 9.17) is 9.47 Å². The Labute approximate surface area is 148 Å². The van der Waals surface area contributed by atoms with E-state index in [0.717, 1.165) is 43.1 Å². The van der Waals surface area contributed by atoms with E-state index in [0.29, 0.717) is 5.75 Å². The molecule has 3 rings (SSSR count). The Bertz CT molecular complexity index is 707. The summed E-state index contributed by atoms with van der Waals surface area (Å²) in [6.45, 7) is 3.35. The van der Waals surface area contributed by atoms with Gasteiger partial charge in [-0.05, 0) is 24.7 Å². The van der Waals surface area contributed by atoms with E-state index >= 15 is 0 Å². The number of piperazine rings is 1. The van der Waals surface area contributed by atoms with Crippen molar-refractivity contribution < 1.29 is 14.3 Å². The molecular weight excluding hydrogens is 316 g/mol. The zero-order valence-electron chi connectivity index (χ0n) is 14.7. The minimum atomic E-state index is 0.0195. The van der Waals surface area contributed by atoms with Gasteiger partial charge in [0.05, 0.1) is 7.11 Å². The fourth-order valence-electron chi connectivity index (χ4n) is 2.82. The van der Waals surface area contributed by atoms with Crippen LogP contribution in [0.5, 0.6) is 11.5 Å². The van der Waals surface area contributed by atoms with E-state index in [9.17, 15) is 4.79 Å². The molecule has 0 aromatic heterocycles. The average molecular weight is 339 g/mol. The first-order chi connectivity index (χ1) is 12.2. The molecule has 1 amide bonds. The Hall–Kier alpha value is -2.53. The Morgan fingerprint density at radius 1 is 1.12 bits per heavy atom. The monoisotopic (exact) mass is 339 g/mol. The van der Waals surface area contributed by atoms with Crippen LogP contribution in [0.3, 0.4) is 0 Å². The van der Waals surface area contributed by atoms with Gasteiger partial charge in [-0.15, -0.1) is 0 Å². The molecule has 5 heteroatoms. The lowest BCUT2D eigenvalue weighted by Crippen LogP contribution is -2.48. The highest BCUT2D eigenvalue weighted by molar-refractivity contribution is 5.78. The van der Waals surface area contributed by atoms with Crippen LogP contribution in [0.1, 0.15) is 0 Å². The van der Waals surface area contributed by atoms with Crippen LogP contribution in [0.15, 0.2) is 42.5 Å². The largest absolute Gasteiger partial charge is 0.497 e. The molecule has 1 heterocycles. The first-order valence-electron chi connectivity index (χ1n) is 8.41. The summed E-state index contributed by atoms with van der Waals surface area (Å²) in [4.78, 5) is 16.4. The van der Waals surface area contributed by atoms with Crippen LogP contribution in [0, 0.1) is 6.07 Å². The second-order valence-electron chi connectivity index (χ2n) is 6.11. The van der Waals surface area contributed by atoms with Crippen LogP contribution in [0.2, 0.25) is 0 Å². The van der Waals surface area contributed by atoms with E-state index in [2.05, 4.69) is 18.0 Å². The predicted octanol–water partition coefficient (Wildman–Crippen LogP) is 2.32. The van der Waals surface area contributed by atoms with Crippen molar-refractivity contribution in [2.24, 2.45) is 0 Å². The highest BCUT2D eigenvalue weighted by Gasteiger charge is 2.19. The summed E-state index contributed by atoms with van der Waals surface area (Å²) in [6.07, 6.45) is 0. The molecule has 0 unspecified atom stereocenters. The van der Waals surface area contributed by atoms with E-state index in [1.54, 1.807) is 13.2 Å². The minimum absolute atomic E-state index is 0.0195. The molecule has 1 fully saturated rings. The van der Waals surface area contributed by atoms with Crippen molar-refractivity contribution in [1.29, 1.82) is 0 Å². The molecule has 5 nitrogen and oxygen atoms in total. The summed E-state index contributed by atoms with van der Waals surface area (Å²) in [5.41, 5.74) is 1.91. The maximum absolute atomic E-state index is 12.4. The van der Waals surface area contributed by atoms with E-state index in [-0.39, 0.29) is 12.5 Å². The zero-order valence-corrected chi connectivity index (χ0v) is 14.7. The molecule has 1 saturated heterocycles. The van der Waals surface area contributed by atoms with E-state index in [1.807, 2.05) is 41.3 Å². The third-order valence-corrected chi connectivity index (χ3v) is 4.42. The molecular formula is C20H23N2O3. The fraction of sp³-hybridized carbons (Fsp3) is 0.350. The minimum Gasteiger partial charge on any atom is -0.497 e. The number of amides is 1. The molecule has 0 N–H and O–H groups in total. The van der Waals surface area contributed by atoms with E-state index in [1.165, 1.54) is 0 Å². The lowest BCUT2D eigenvalue weighted by molar-refractivity contribution is -0.134. The molecule has 25 heavy (non-hydrogen) atoms. The van der Waals surface area contributed by atoms with Crippen molar-refractivity contribution >= 4 is 5.91 Å². The zero-order chi connectivity index (χ0) is 17.6. The van der Waals surface area contributed by atoms with Crippen molar-refractivity contribution in [2.45, 2.75) is 0 Å². The Balaban J connectivity index is 1.67. The van der Waals surface area contributed by atoms with Crippen molar-refractivity contribution in [3.05, 3.63) is 48.5 Å². The lowest BCUT2D eigenvalue weighted by Gasteiger charge is -2.32. The van der Waals surface area contributed by atoms with Gasteiger partial charge in [0.1, 0.15) is 11.5 Å². The number of hydrogen-bond acceptors (Lipinski definition) is 4. The number of para-hydroxylation sites is 1. The lowest BCUT2D eigenvalue weighted by atomic mass is 10.0. The van der Waals surface area contributed by atoms with Gasteiger partial charge in [-0.3, -0.25) is 4.79 Å². The van der Waals surface area contributed by atoms with Gasteiger partial charge in [0.15, 0.2) is 6.61 Å². The highest BCUT2D eigenvalue weighted by atomic mass is 16.5. The molecule has 0 atom stereocenters. The van der Waals surface area contributed by atoms with Crippen LogP contribution in [-0.4, -0.2) is 62.7 Å². The highest BCUT2D eigenvalue weighted by Crippen LogP contribution is 2.30. The van der Waals surface area contributed by atoms with Gasteiger partial charge in [0, 0.05) is 37.8 Å². The van der Waals surface area contributed by atoms with E-state index < -0.39 is 0 Å². The van der Waals surface area contributed by atoms with Crippen molar-refractivity contribution in [3.8, 4) is 22.6 Å². The third-order valence-electron chi connectivity index (χ3n) is 4.42. The van der Waals surface area contributed by atoms with Crippen molar-refractivity contribution in [3.63, 3.8) is 0 Å². The van der Waals surface area contributed by atoms with Crippen LogP contribution < -0.4 is 9.47 Å². The maximum Gasteiger partial charge on any atom is 0.260 e. The molecule has 1 aliphatic heterocycles. The van der Waals surface area contributed by atoms with Gasteiger partial charge in [-0.1, -0.05) is 30.3 Å². The summed E-state index contributed by atoms with van der Waals surface area (Å²) < 4.78 is 11.0. The van der Waals surface area contributed by atoms with Gasteiger partial charge in [0.25, 0.3) is 5.91 Å². The second kappa shape index (κ2) is 8.03. The van der Waals surface area contributed by atoms with Crippen LogP contribution in [0.4, 0.5) is 0 Å². The molecule has 131 valence electrons. The molecule has 0 aliphatic carbocycles. The topological polar surface area (TPSA) is 42.0 Å². The van der Waals surface area contributed by atoms with Gasteiger partial charge in [-0.2, -0.15) is 0 Å². The molecule has 1 radical (unpaired) electrons. The van der Waals surface area contributed by atoms with Crippen LogP contribution in [0.25, 0.3) is 11.1 Å². The standard InChI is InChI=1S/C20H23N2O3/c1-21-11-13-22(14-12-21)20(23)15-25-19-6-4-3-5-18(19)16-7-9-17(24-2)10-8-16/h3-5,7-10H,11-15H2,1-2H3. The summed E-state index contributed by atoms with van der Waals surface area (Å²) in [7, 11) is 3.71. The van der Waals surface area contributed by atoms with Gasteiger partial charge >= 0.3 is 0 Å². The SMILES string of the molecule is COc1ccc(-c2ccc[c]c2OCC(=O)N2CCN(C)CC2)cc1. The number of likely N-dealkylation sites (N-methyl/N-ethyl adjacent to an activating group) is 1. The number of benzene rings is 2. The number of carbonyl (C=O) groups excluding carboxylic acids is 1. The molecule has 0 saturated carbocycles. The second-order valence-corrected chi connectivity index (χ2v) is 6.11. The molecule has 0 bridgehead atoms. The number of nitrogens with zero attached hydrogens (tertiary/aromatic N) is 2. The molecule has 1 aliphatic rings. The summed E-state index contributed by atoms with van der Waals surface area (Å²) >= 11 is 0.